The van der Waals surface area contributed by atoms with Crippen LogP contribution in [0.15, 0.2) is 41.7 Å². The van der Waals surface area contributed by atoms with Gasteiger partial charge in [0.25, 0.3) is 5.56 Å². The molecule has 31 heavy (non-hydrogen) atoms. The van der Waals surface area contributed by atoms with E-state index in [9.17, 15) is 4.79 Å². The number of aromatic amines is 1. The summed E-state index contributed by atoms with van der Waals surface area (Å²) in [6.07, 6.45) is 10.3. The monoisotopic (exact) mass is 441 g/mol. The molecule has 1 atom stereocenters. The van der Waals surface area contributed by atoms with Gasteiger partial charge in [0.15, 0.2) is 0 Å². The van der Waals surface area contributed by atoms with Crippen LogP contribution in [0, 0.1) is 0 Å². The largest absolute Gasteiger partial charge is 0.472 e. The van der Waals surface area contributed by atoms with Crippen molar-refractivity contribution in [2.45, 2.75) is 31.4 Å². The number of pyridine rings is 1. The van der Waals surface area contributed by atoms with E-state index in [1.807, 2.05) is 23.2 Å². The SMILES string of the molecule is O=c1[nH]ncc(N2CC[C@@H](Oc3cc(-c4cnn(C5CCNCC5)c4)ccn3)C2)c1Cl. The molecular weight excluding hydrogens is 418 g/mol. The molecule has 0 aliphatic carbocycles. The van der Waals surface area contributed by atoms with Crippen molar-refractivity contribution in [3.63, 3.8) is 0 Å². The maximum atomic E-state index is 11.7. The minimum atomic E-state index is -0.386. The van der Waals surface area contributed by atoms with E-state index >= 15 is 0 Å². The highest BCUT2D eigenvalue weighted by Crippen LogP contribution is 2.28. The van der Waals surface area contributed by atoms with Crippen molar-refractivity contribution in [1.29, 1.82) is 0 Å². The van der Waals surface area contributed by atoms with Crippen molar-refractivity contribution in [2.75, 3.05) is 31.1 Å². The summed E-state index contributed by atoms with van der Waals surface area (Å²) in [5.41, 5.74) is 2.33. The van der Waals surface area contributed by atoms with Crippen molar-refractivity contribution in [1.82, 2.24) is 30.3 Å². The number of rotatable bonds is 5. The van der Waals surface area contributed by atoms with Crippen LogP contribution in [-0.2, 0) is 0 Å². The predicted molar refractivity (Wildman–Crippen MR) is 118 cm³/mol. The summed E-state index contributed by atoms with van der Waals surface area (Å²) in [6, 6.07) is 4.37. The Balaban J connectivity index is 1.26. The highest BCUT2D eigenvalue weighted by molar-refractivity contribution is 6.33. The van der Waals surface area contributed by atoms with Crippen LogP contribution in [0.25, 0.3) is 11.1 Å². The van der Waals surface area contributed by atoms with Crippen LogP contribution >= 0.6 is 11.6 Å². The zero-order chi connectivity index (χ0) is 21.2. The highest BCUT2D eigenvalue weighted by atomic mass is 35.5. The fraction of sp³-hybridized carbons (Fsp3) is 0.429. The molecule has 5 rings (SSSR count). The molecule has 0 saturated carbocycles. The zero-order valence-corrected chi connectivity index (χ0v) is 17.8. The highest BCUT2D eigenvalue weighted by Gasteiger charge is 2.27. The standard InChI is InChI=1S/C21H24ClN7O2/c22-20-18(11-25-27-21(20)30)28-8-4-17(13-28)31-19-9-14(1-7-24-19)15-10-26-29(12-15)16-2-5-23-6-3-16/h1,7,9-12,16-17,23H,2-6,8,13H2,(H,27,30)/t17-/m1/s1. The maximum Gasteiger partial charge on any atom is 0.285 e. The van der Waals surface area contributed by atoms with Crippen LogP contribution < -0.4 is 20.5 Å². The Morgan fingerprint density at radius 3 is 2.90 bits per heavy atom. The topological polar surface area (TPSA) is 101 Å². The van der Waals surface area contributed by atoms with E-state index < -0.39 is 0 Å². The van der Waals surface area contributed by atoms with Crippen LogP contribution in [0.1, 0.15) is 25.3 Å². The van der Waals surface area contributed by atoms with Gasteiger partial charge >= 0.3 is 0 Å². The van der Waals surface area contributed by atoms with Crippen molar-refractivity contribution in [3.05, 3.63) is 52.3 Å². The lowest BCUT2D eigenvalue weighted by Crippen LogP contribution is -2.29. The molecule has 2 N–H and O–H groups in total. The first-order chi connectivity index (χ1) is 15.2. The van der Waals surface area contributed by atoms with Crippen molar-refractivity contribution >= 4 is 17.3 Å². The molecule has 2 fully saturated rings. The smallest absolute Gasteiger partial charge is 0.285 e. The lowest BCUT2D eigenvalue weighted by atomic mass is 10.1. The molecule has 0 spiro atoms. The van der Waals surface area contributed by atoms with E-state index in [1.54, 1.807) is 12.4 Å². The number of anilines is 1. The van der Waals surface area contributed by atoms with Crippen LogP contribution in [-0.4, -0.2) is 57.2 Å². The molecule has 2 aliphatic rings. The van der Waals surface area contributed by atoms with Gasteiger partial charge in [-0.2, -0.15) is 10.2 Å². The number of hydrogen-bond donors (Lipinski definition) is 2. The third-order valence-electron chi connectivity index (χ3n) is 5.90. The third-order valence-corrected chi connectivity index (χ3v) is 6.27. The molecule has 9 nitrogen and oxygen atoms in total. The van der Waals surface area contributed by atoms with E-state index in [4.69, 9.17) is 16.3 Å². The van der Waals surface area contributed by atoms with Crippen LogP contribution in [0.5, 0.6) is 5.88 Å². The molecule has 2 saturated heterocycles. The first-order valence-electron chi connectivity index (χ1n) is 10.5. The molecular formula is C21H24ClN7O2. The summed E-state index contributed by atoms with van der Waals surface area (Å²) < 4.78 is 8.22. The predicted octanol–water partition coefficient (Wildman–Crippen LogP) is 2.26. The number of H-pyrrole nitrogens is 1. The van der Waals surface area contributed by atoms with E-state index in [1.165, 1.54) is 0 Å². The minimum absolute atomic E-state index is 0.0458. The van der Waals surface area contributed by atoms with Gasteiger partial charge in [0.1, 0.15) is 11.1 Å². The molecule has 10 heteroatoms. The lowest BCUT2D eigenvalue weighted by Gasteiger charge is -2.22. The Labute approximate surface area is 184 Å². The fourth-order valence-electron chi connectivity index (χ4n) is 4.22. The van der Waals surface area contributed by atoms with Crippen molar-refractivity contribution in [3.8, 4) is 17.0 Å². The zero-order valence-electron chi connectivity index (χ0n) is 17.0. The molecule has 0 aromatic carbocycles. The first kappa shape index (κ1) is 20.0. The van der Waals surface area contributed by atoms with Crippen molar-refractivity contribution < 1.29 is 4.74 Å². The molecule has 0 bridgehead atoms. The minimum Gasteiger partial charge on any atom is -0.472 e. The van der Waals surface area contributed by atoms with Gasteiger partial charge in [-0.15, -0.1) is 0 Å². The van der Waals surface area contributed by atoms with Gasteiger partial charge in [0.2, 0.25) is 5.88 Å². The van der Waals surface area contributed by atoms with Gasteiger partial charge in [-0.1, -0.05) is 11.6 Å². The summed E-state index contributed by atoms with van der Waals surface area (Å²) in [5.74, 6) is 0.578. The summed E-state index contributed by atoms with van der Waals surface area (Å²) in [4.78, 5) is 18.1. The van der Waals surface area contributed by atoms with E-state index in [0.717, 1.165) is 50.0 Å². The normalized spacial score (nSPS) is 19.6. The number of ether oxygens (including phenoxy) is 1. The number of piperidine rings is 1. The third kappa shape index (κ3) is 4.28. The molecule has 162 valence electrons. The molecule has 0 amide bonds. The second-order valence-electron chi connectivity index (χ2n) is 7.95. The van der Waals surface area contributed by atoms with Gasteiger partial charge in [0, 0.05) is 37.0 Å². The van der Waals surface area contributed by atoms with Crippen LogP contribution in [0.2, 0.25) is 5.02 Å². The Bertz CT molecular complexity index is 1110. The quantitative estimate of drug-likeness (QED) is 0.626. The average molecular weight is 442 g/mol. The van der Waals surface area contributed by atoms with Gasteiger partial charge in [0.05, 0.1) is 30.7 Å². The second-order valence-corrected chi connectivity index (χ2v) is 8.32. The Hall–Kier alpha value is -2.91. The second kappa shape index (κ2) is 8.68. The Morgan fingerprint density at radius 1 is 1.16 bits per heavy atom. The van der Waals surface area contributed by atoms with E-state index in [-0.39, 0.29) is 16.7 Å². The maximum absolute atomic E-state index is 11.7. The molecule has 3 aromatic rings. The Morgan fingerprint density at radius 2 is 2.03 bits per heavy atom. The van der Waals surface area contributed by atoms with Gasteiger partial charge in [-0.05, 0) is 37.6 Å². The van der Waals surface area contributed by atoms with Gasteiger partial charge < -0.3 is 15.0 Å². The first-order valence-corrected chi connectivity index (χ1v) is 10.9. The number of aromatic nitrogens is 5. The molecule has 0 radical (unpaired) electrons. The Kier molecular flexibility index (Phi) is 5.61. The summed E-state index contributed by atoms with van der Waals surface area (Å²) in [5, 5.41) is 14.3. The number of hydrogen-bond acceptors (Lipinski definition) is 7. The summed E-state index contributed by atoms with van der Waals surface area (Å²) in [7, 11) is 0. The van der Waals surface area contributed by atoms with Crippen molar-refractivity contribution in [2.24, 2.45) is 0 Å². The molecule has 3 aromatic heterocycles. The number of halogens is 1. The lowest BCUT2D eigenvalue weighted by molar-refractivity contribution is 0.216. The average Bonchev–Trinajstić information content (AvgIpc) is 3.47. The van der Waals surface area contributed by atoms with Gasteiger partial charge in [-0.3, -0.25) is 9.48 Å². The fourth-order valence-corrected chi connectivity index (χ4v) is 4.43. The molecule has 0 unspecified atom stereocenters. The molecule has 2 aliphatic heterocycles. The number of nitrogens with zero attached hydrogens (tertiary/aromatic N) is 5. The molecule has 5 heterocycles. The number of nitrogens with one attached hydrogen (secondary N) is 2. The summed E-state index contributed by atoms with van der Waals surface area (Å²) >= 11 is 6.14. The van der Waals surface area contributed by atoms with Gasteiger partial charge in [-0.25, -0.2) is 10.1 Å². The van der Waals surface area contributed by atoms with E-state index in [0.29, 0.717) is 24.2 Å². The summed E-state index contributed by atoms with van der Waals surface area (Å²) in [6.45, 7) is 3.41. The van der Waals surface area contributed by atoms with Crippen LogP contribution in [0.4, 0.5) is 5.69 Å². The van der Waals surface area contributed by atoms with E-state index in [2.05, 4.69) is 36.5 Å². The van der Waals surface area contributed by atoms with Crippen LogP contribution in [0.3, 0.4) is 0 Å².